The second kappa shape index (κ2) is 3.98. The summed E-state index contributed by atoms with van der Waals surface area (Å²) >= 11 is 0. The van der Waals surface area contributed by atoms with Gasteiger partial charge in [-0.05, 0) is 30.7 Å². The van der Waals surface area contributed by atoms with E-state index in [0.717, 1.165) is 25.1 Å². The van der Waals surface area contributed by atoms with Gasteiger partial charge in [-0.2, -0.15) is 0 Å². The van der Waals surface area contributed by atoms with Gasteiger partial charge in [0.2, 0.25) is 0 Å². The maximum Gasteiger partial charge on any atom is 0.115 e. The number of aliphatic hydroxyl groups is 1. The van der Waals surface area contributed by atoms with Crippen LogP contribution < -0.4 is 5.32 Å². The number of rotatable bonds is 2. The van der Waals surface area contributed by atoms with Gasteiger partial charge in [0, 0.05) is 12.5 Å². The molecule has 3 nitrogen and oxygen atoms in total. The van der Waals surface area contributed by atoms with Crippen molar-refractivity contribution in [2.24, 2.45) is 5.92 Å². The van der Waals surface area contributed by atoms with Crippen molar-refractivity contribution in [3.63, 3.8) is 0 Å². The van der Waals surface area contributed by atoms with Crippen molar-refractivity contribution in [2.45, 2.75) is 12.5 Å². The van der Waals surface area contributed by atoms with Gasteiger partial charge in [0.1, 0.15) is 5.75 Å². The second-order valence-corrected chi connectivity index (χ2v) is 3.79. The Morgan fingerprint density at radius 2 is 2.00 bits per heavy atom. The molecule has 0 radical (unpaired) electrons. The van der Waals surface area contributed by atoms with Crippen LogP contribution in [0, 0.1) is 5.92 Å². The molecule has 0 saturated carbocycles. The molecule has 1 heterocycles. The zero-order valence-electron chi connectivity index (χ0n) is 7.98. The Bertz CT molecular complexity index is 291. The van der Waals surface area contributed by atoms with E-state index in [4.69, 9.17) is 5.11 Å². The molecule has 0 aliphatic carbocycles. The third-order valence-corrected chi connectivity index (χ3v) is 2.78. The molecule has 14 heavy (non-hydrogen) atoms. The van der Waals surface area contributed by atoms with Crippen molar-refractivity contribution in [1.29, 1.82) is 0 Å². The van der Waals surface area contributed by atoms with Crippen LogP contribution in [0.4, 0.5) is 0 Å². The largest absolute Gasteiger partial charge is 0.508 e. The summed E-state index contributed by atoms with van der Waals surface area (Å²) in [4.78, 5) is 0. The molecule has 1 aromatic rings. The molecule has 2 atom stereocenters. The smallest absolute Gasteiger partial charge is 0.115 e. The summed E-state index contributed by atoms with van der Waals surface area (Å²) in [5.41, 5.74) is 0.886. The van der Waals surface area contributed by atoms with Gasteiger partial charge in [0.05, 0.1) is 6.10 Å². The summed E-state index contributed by atoms with van der Waals surface area (Å²) in [5.74, 6) is 0.546. The SMILES string of the molecule is Oc1ccc(C(O)C2CCNC2)cc1. The maximum absolute atomic E-state index is 9.99. The minimum absolute atomic E-state index is 0.241. The lowest BCUT2D eigenvalue weighted by Crippen LogP contribution is -2.15. The summed E-state index contributed by atoms with van der Waals surface area (Å²) < 4.78 is 0. The monoisotopic (exact) mass is 193 g/mol. The number of nitrogens with one attached hydrogen (secondary N) is 1. The highest BCUT2D eigenvalue weighted by Crippen LogP contribution is 2.27. The molecule has 3 heteroatoms. The molecule has 2 unspecified atom stereocenters. The third kappa shape index (κ3) is 1.89. The number of aliphatic hydroxyl groups excluding tert-OH is 1. The normalized spacial score (nSPS) is 23.6. The van der Waals surface area contributed by atoms with E-state index in [1.54, 1.807) is 24.3 Å². The average molecular weight is 193 g/mol. The molecule has 1 aliphatic rings. The first kappa shape index (κ1) is 9.49. The van der Waals surface area contributed by atoms with Crippen molar-refractivity contribution in [2.75, 3.05) is 13.1 Å². The summed E-state index contributed by atoms with van der Waals surface area (Å²) in [6, 6.07) is 6.78. The van der Waals surface area contributed by atoms with Crippen LogP contribution in [0.1, 0.15) is 18.1 Å². The van der Waals surface area contributed by atoms with Gasteiger partial charge in [-0.25, -0.2) is 0 Å². The molecule has 1 aromatic carbocycles. The van der Waals surface area contributed by atoms with Crippen molar-refractivity contribution in [3.8, 4) is 5.75 Å². The van der Waals surface area contributed by atoms with Crippen LogP contribution in [0.2, 0.25) is 0 Å². The van der Waals surface area contributed by atoms with E-state index in [1.165, 1.54) is 0 Å². The average Bonchev–Trinajstić information content (AvgIpc) is 2.71. The topological polar surface area (TPSA) is 52.5 Å². The molecule has 0 spiro atoms. The van der Waals surface area contributed by atoms with Gasteiger partial charge >= 0.3 is 0 Å². The van der Waals surface area contributed by atoms with E-state index in [1.807, 2.05) is 0 Å². The van der Waals surface area contributed by atoms with Crippen LogP contribution in [-0.2, 0) is 0 Å². The number of benzene rings is 1. The first-order chi connectivity index (χ1) is 6.77. The van der Waals surface area contributed by atoms with E-state index in [-0.39, 0.29) is 5.75 Å². The lowest BCUT2D eigenvalue weighted by Gasteiger charge is -2.17. The molecule has 0 bridgehead atoms. The van der Waals surface area contributed by atoms with E-state index in [0.29, 0.717) is 5.92 Å². The second-order valence-electron chi connectivity index (χ2n) is 3.79. The molecule has 0 aromatic heterocycles. The van der Waals surface area contributed by atoms with Gasteiger partial charge in [-0.1, -0.05) is 12.1 Å². The van der Waals surface area contributed by atoms with Gasteiger partial charge < -0.3 is 15.5 Å². The lowest BCUT2D eigenvalue weighted by atomic mass is 9.95. The fourth-order valence-electron chi connectivity index (χ4n) is 1.89. The fraction of sp³-hybridized carbons (Fsp3) is 0.455. The Labute approximate surface area is 83.4 Å². The summed E-state index contributed by atoms with van der Waals surface area (Å²) in [7, 11) is 0. The zero-order chi connectivity index (χ0) is 9.97. The predicted octanol–water partition coefficient (Wildman–Crippen LogP) is 1.04. The Balaban J connectivity index is 2.09. The minimum Gasteiger partial charge on any atom is -0.508 e. The Morgan fingerprint density at radius 3 is 2.57 bits per heavy atom. The van der Waals surface area contributed by atoms with Crippen molar-refractivity contribution < 1.29 is 10.2 Å². The van der Waals surface area contributed by atoms with Crippen molar-refractivity contribution in [3.05, 3.63) is 29.8 Å². The van der Waals surface area contributed by atoms with Gasteiger partial charge in [-0.15, -0.1) is 0 Å². The first-order valence-electron chi connectivity index (χ1n) is 4.95. The summed E-state index contributed by atoms with van der Waals surface area (Å²) in [6.07, 6.45) is 0.604. The molecular weight excluding hydrogens is 178 g/mol. The van der Waals surface area contributed by atoms with Crippen LogP contribution in [0.3, 0.4) is 0 Å². The van der Waals surface area contributed by atoms with Gasteiger partial charge in [0.15, 0.2) is 0 Å². The number of hydrogen-bond acceptors (Lipinski definition) is 3. The van der Waals surface area contributed by atoms with E-state index < -0.39 is 6.10 Å². The van der Waals surface area contributed by atoms with Crippen LogP contribution >= 0.6 is 0 Å². The minimum atomic E-state index is -0.411. The van der Waals surface area contributed by atoms with Crippen LogP contribution in [0.15, 0.2) is 24.3 Å². The maximum atomic E-state index is 9.99. The van der Waals surface area contributed by atoms with E-state index in [9.17, 15) is 5.11 Å². The summed E-state index contributed by atoms with van der Waals surface area (Å²) in [5, 5.41) is 22.3. The quantitative estimate of drug-likeness (QED) is 0.657. The molecule has 76 valence electrons. The number of hydrogen-bond donors (Lipinski definition) is 3. The van der Waals surface area contributed by atoms with Crippen LogP contribution in [-0.4, -0.2) is 23.3 Å². The highest BCUT2D eigenvalue weighted by Gasteiger charge is 2.23. The van der Waals surface area contributed by atoms with Gasteiger partial charge in [0.25, 0.3) is 0 Å². The van der Waals surface area contributed by atoms with E-state index in [2.05, 4.69) is 5.32 Å². The Morgan fingerprint density at radius 1 is 1.29 bits per heavy atom. The molecule has 3 N–H and O–H groups in total. The van der Waals surface area contributed by atoms with Crippen LogP contribution in [0.5, 0.6) is 5.75 Å². The molecule has 1 saturated heterocycles. The Kier molecular flexibility index (Phi) is 2.70. The number of phenols is 1. The standard InChI is InChI=1S/C11H15NO2/c13-10-3-1-8(2-4-10)11(14)9-5-6-12-7-9/h1-4,9,11-14H,5-7H2. The fourth-order valence-corrected chi connectivity index (χ4v) is 1.89. The molecule has 0 amide bonds. The molecule has 1 aliphatic heterocycles. The molecule has 2 rings (SSSR count). The lowest BCUT2D eigenvalue weighted by molar-refractivity contribution is 0.118. The highest BCUT2D eigenvalue weighted by molar-refractivity contribution is 5.27. The first-order valence-corrected chi connectivity index (χ1v) is 4.95. The molecule has 1 fully saturated rings. The van der Waals surface area contributed by atoms with E-state index >= 15 is 0 Å². The highest BCUT2D eigenvalue weighted by atomic mass is 16.3. The number of aromatic hydroxyl groups is 1. The van der Waals surface area contributed by atoms with Crippen LogP contribution in [0.25, 0.3) is 0 Å². The molecular formula is C11H15NO2. The predicted molar refractivity (Wildman–Crippen MR) is 54.0 cm³/mol. The number of phenolic OH excluding ortho intramolecular Hbond substituents is 1. The zero-order valence-corrected chi connectivity index (χ0v) is 7.98. The van der Waals surface area contributed by atoms with Gasteiger partial charge in [-0.3, -0.25) is 0 Å². The van der Waals surface area contributed by atoms with Crippen molar-refractivity contribution >= 4 is 0 Å². The third-order valence-electron chi connectivity index (χ3n) is 2.78. The summed E-state index contributed by atoms with van der Waals surface area (Å²) in [6.45, 7) is 1.86. The Hall–Kier alpha value is -1.06. The van der Waals surface area contributed by atoms with Crippen molar-refractivity contribution in [1.82, 2.24) is 5.32 Å².